The first-order valence-corrected chi connectivity index (χ1v) is 7.84. The van der Waals surface area contributed by atoms with Gasteiger partial charge in [0.25, 0.3) is 5.69 Å². The number of hydrogen-bond donors (Lipinski definition) is 1. The lowest BCUT2D eigenvalue weighted by molar-refractivity contribution is -0.384. The van der Waals surface area contributed by atoms with E-state index in [4.69, 9.17) is 5.73 Å². The van der Waals surface area contributed by atoms with E-state index >= 15 is 0 Å². The fourth-order valence-electron chi connectivity index (χ4n) is 2.37. The minimum atomic E-state index is -3.67. The molecule has 110 valence electrons. The molecule has 1 aliphatic heterocycles. The minimum Gasteiger partial charge on any atom is -0.397 e. The van der Waals surface area contributed by atoms with Crippen LogP contribution in [0.4, 0.5) is 11.4 Å². The van der Waals surface area contributed by atoms with Gasteiger partial charge >= 0.3 is 0 Å². The molecule has 1 atom stereocenters. The van der Waals surface area contributed by atoms with E-state index in [2.05, 4.69) is 0 Å². The van der Waals surface area contributed by atoms with Gasteiger partial charge in [-0.2, -0.15) is 4.31 Å². The molecule has 0 spiro atoms. The number of non-ortho nitro benzene ring substituents is 1. The Morgan fingerprint density at radius 1 is 1.50 bits per heavy atom. The highest BCUT2D eigenvalue weighted by atomic mass is 32.2. The molecule has 1 heterocycles. The van der Waals surface area contributed by atoms with E-state index in [0.29, 0.717) is 19.0 Å². The largest absolute Gasteiger partial charge is 0.397 e. The van der Waals surface area contributed by atoms with Gasteiger partial charge in [-0.1, -0.05) is 13.3 Å². The van der Waals surface area contributed by atoms with E-state index < -0.39 is 14.9 Å². The van der Waals surface area contributed by atoms with Crippen LogP contribution in [0.25, 0.3) is 0 Å². The molecule has 0 bridgehead atoms. The summed E-state index contributed by atoms with van der Waals surface area (Å²) in [6.07, 6.45) is 1.77. The maximum absolute atomic E-state index is 12.5. The minimum absolute atomic E-state index is 0.0557. The molecule has 2 N–H and O–H groups in total. The maximum atomic E-state index is 12.5. The lowest BCUT2D eigenvalue weighted by Gasteiger charge is -2.17. The van der Waals surface area contributed by atoms with E-state index in [-0.39, 0.29) is 16.3 Å². The van der Waals surface area contributed by atoms with Crippen molar-refractivity contribution in [1.29, 1.82) is 0 Å². The molecule has 0 aliphatic carbocycles. The quantitative estimate of drug-likeness (QED) is 0.516. The molecule has 1 unspecified atom stereocenters. The van der Waals surface area contributed by atoms with Crippen molar-refractivity contribution in [2.45, 2.75) is 24.7 Å². The van der Waals surface area contributed by atoms with E-state index in [1.807, 2.05) is 6.92 Å². The van der Waals surface area contributed by atoms with E-state index in [1.165, 1.54) is 10.4 Å². The van der Waals surface area contributed by atoms with Crippen LogP contribution in [0.2, 0.25) is 0 Å². The number of nitrogens with zero attached hydrogens (tertiary/aromatic N) is 2. The second-order valence-electron chi connectivity index (χ2n) is 4.91. The Balaban J connectivity index is 2.33. The number of hydrogen-bond acceptors (Lipinski definition) is 5. The standard InChI is InChI=1S/C12H17N3O4S/c1-2-9-5-6-14(8-9)20(18,19)12-4-3-10(15(16)17)7-11(12)13/h3-4,7,9H,2,5-6,8,13H2,1H3. The predicted molar refractivity (Wildman–Crippen MR) is 74.7 cm³/mol. The maximum Gasteiger partial charge on any atom is 0.271 e. The summed E-state index contributed by atoms with van der Waals surface area (Å²) in [6.45, 7) is 2.98. The molecule has 0 saturated carbocycles. The Bertz CT molecular complexity index is 630. The Morgan fingerprint density at radius 2 is 2.20 bits per heavy atom. The smallest absolute Gasteiger partial charge is 0.271 e. The second kappa shape index (κ2) is 5.37. The highest BCUT2D eigenvalue weighted by Gasteiger charge is 2.33. The SMILES string of the molecule is CCC1CCN(S(=O)(=O)c2ccc([N+](=O)[O-])cc2N)C1. The third-order valence-corrected chi connectivity index (χ3v) is 5.59. The Labute approximate surface area is 117 Å². The van der Waals surface area contributed by atoms with Crippen molar-refractivity contribution in [3.05, 3.63) is 28.3 Å². The van der Waals surface area contributed by atoms with Gasteiger partial charge in [-0.05, 0) is 18.4 Å². The van der Waals surface area contributed by atoms with Gasteiger partial charge < -0.3 is 5.73 Å². The van der Waals surface area contributed by atoms with Crippen LogP contribution in [0.3, 0.4) is 0 Å². The molecular weight excluding hydrogens is 282 g/mol. The predicted octanol–water partition coefficient (Wildman–Crippen LogP) is 1.60. The summed E-state index contributed by atoms with van der Waals surface area (Å²) in [5.41, 5.74) is 5.37. The van der Waals surface area contributed by atoms with Crippen molar-refractivity contribution in [2.75, 3.05) is 18.8 Å². The van der Waals surface area contributed by atoms with Crippen LogP contribution in [0.1, 0.15) is 19.8 Å². The number of nitrogen functional groups attached to an aromatic ring is 1. The summed E-state index contributed by atoms with van der Waals surface area (Å²) in [6, 6.07) is 3.46. The van der Waals surface area contributed by atoms with Crippen molar-refractivity contribution >= 4 is 21.4 Å². The molecule has 1 aromatic rings. The molecular formula is C12H17N3O4S. The molecule has 7 nitrogen and oxygen atoms in total. The molecule has 1 aliphatic rings. The normalized spacial score (nSPS) is 20.1. The lowest BCUT2D eigenvalue weighted by Crippen LogP contribution is -2.29. The fraction of sp³-hybridized carbons (Fsp3) is 0.500. The molecule has 0 radical (unpaired) electrons. The number of nitrogens with two attached hydrogens (primary N) is 1. The van der Waals surface area contributed by atoms with Crippen LogP contribution in [0, 0.1) is 16.0 Å². The van der Waals surface area contributed by atoms with Gasteiger partial charge in [0.05, 0.1) is 10.6 Å². The first-order valence-electron chi connectivity index (χ1n) is 6.40. The van der Waals surface area contributed by atoms with Crippen molar-refractivity contribution in [3.8, 4) is 0 Å². The Hall–Kier alpha value is -1.67. The number of benzene rings is 1. The molecule has 20 heavy (non-hydrogen) atoms. The summed E-state index contributed by atoms with van der Waals surface area (Å²) in [7, 11) is -3.67. The summed E-state index contributed by atoms with van der Waals surface area (Å²) in [5.74, 6) is 0.365. The van der Waals surface area contributed by atoms with Crippen molar-refractivity contribution in [1.82, 2.24) is 4.31 Å². The summed E-state index contributed by atoms with van der Waals surface area (Å²) >= 11 is 0. The van der Waals surface area contributed by atoms with Crippen molar-refractivity contribution in [2.24, 2.45) is 5.92 Å². The first kappa shape index (κ1) is 14.7. The average Bonchev–Trinajstić information content (AvgIpc) is 2.87. The van der Waals surface area contributed by atoms with Crippen molar-refractivity contribution in [3.63, 3.8) is 0 Å². The van der Waals surface area contributed by atoms with Gasteiger partial charge in [0.15, 0.2) is 0 Å². The van der Waals surface area contributed by atoms with Gasteiger partial charge in [0, 0.05) is 25.2 Å². The van der Waals surface area contributed by atoms with Crippen LogP contribution in [-0.4, -0.2) is 30.7 Å². The summed E-state index contributed by atoms with van der Waals surface area (Å²) in [4.78, 5) is 9.99. The Morgan fingerprint density at radius 3 is 2.70 bits per heavy atom. The number of sulfonamides is 1. The van der Waals surface area contributed by atoms with Gasteiger partial charge in [0.2, 0.25) is 10.0 Å². The zero-order valence-electron chi connectivity index (χ0n) is 11.2. The van der Waals surface area contributed by atoms with Crippen LogP contribution >= 0.6 is 0 Å². The third-order valence-electron chi connectivity index (χ3n) is 3.65. The number of nitro benzene ring substituents is 1. The highest BCUT2D eigenvalue weighted by Crippen LogP contribution is 2.30. The molecule has 1 fully saturated rings. The summed E-state index contributed by atoms with van der Waals surface area (Å²) < 4.78 is 26.3. The van der Waals surface area contributed by atoms with Gasteiger partial charge in [0.1, 0.15) is 4.90 Å². The number of nitro groups is 1. The zero-order valence-corrected chi connectivity index (χ0v) is 12.0. The van der Waals surface area contributed by atoms with Gasteiger partial charge in [-0.25, -0.2) is 8.42 Å². The van der Waals surface area contributed by atoms with Crippen LogP contribution in [0.15, 0.2) is 23.1 Å². The third kappa shape index (κ3) is 2.61. The summed E-state index contributed by atoms with van der Waals surface area (Å²) in [5, 5.41) is 10.6. The van der Waals surface area contributed by atoms with Crippen LogP contribution < -0.4 is 5.73 Å². The first-order chi connectivity index (χ1) is 9.36. The van der Waals surface area contributed by atoms with E-state index in [1.54, 1.807) is 0 Å². The highest BCUT2D eigenvalue weighted by molar-refractivity contribution is 7.89. The Kier molecular flexibility index (Phi) is 3.96. The molecule has 8 heteroatoms. The zero-order chi connectivity index (χ0) is 14.9. The van der Waals surface area contributed by atoms with Crippen LogP contribution in [0.5, 0.6) is 0 Å². The monoisotopic (exact) mass is 299 g/mol. The van der Waals surface area contributed by atoms with Gasteiger partial charge in [-0.15, -0.1) is 0 Å². The second-order valence-corrected chi connectivity index (χ2v) is 6.81. The van der Waals surface area contributed by atoms with Crippen LogP contribution in [-0.2, 0) is 10.0 Å². The number of anilines is 1. The van der Waals surface area contributed by atoms with E-state index in [9.17, 15) is 18.5 Å². The molecule has 0 aromatic heterocycles. The molecule has 0 amide bonds. The number of rotatable bonds is 4. The van der Waals surface area contributed by atoms with E-state index in [0.717, 1.165) is 25.0 Å². The molecule has 1 aromatic carbocycles. The average molecular weight is 299 g/mol. The lowest BCUT2D eigenvalue weighted by atomic mass is 10.1. The fourth-order valence-corrected chi connectivity index (χ4v) is 4.00. The molecule has 2 rings (SSSR count). The topological polar surface area (TPSA) is 107 Å². The molecule has 1 saturated heterocycles. The van der Waals surface area contributed by atoms with Crippen molar-refractivity contribution < 1.29 is 13.3 Å². The van der Waals surface area contributed by atoms with Gasteiger partial charge in [-0.3, -0.25) is 10.1 Å².